The van der Waals surface area contributed by atoms with Crippen LogP contribution in [0.1, 0.15) is 34.3 Å². The van der Waals surface area contributed by atoms with Crippen molar-refractivity contribution < 1.29 is 28.3 Å². The Morgan fingerprint density at radius 1 is 1.09 bits per heavy atom. The van der Waals surface area contributed by atoms with Gasteiger partial charge in [0.15, 0.2) is 12.4 Å². The van der Waals surface area contributed by atoms with E-state index < -0.39 is 30.4 Å². The summed E-state index contributed by atoms with van der Waals surface area (Å²) in [6.45, 7) is 1.22. The molecular weight excluding hydrogens is 426 g/mol. The molecule has 0 saturated heterocycles. The van der Waals surface area contributed by atoms with Crippen LogP contribution in [0.5, 0.6) is 0 Å². The predicted molar refractivity (Wildman–Crippen MR) is 120 cm³/mol. The fraction of sp³-hybridized carbons (Fsp3) is 0.167. The third-order valence-corrected chi connectivity index (χ3v) is 5.09. The van der Waals surface area contributed by atoms with Gasteiger partial charge in [-0.3, -0.25) is 14.4 Å². The molecule has 0 radical (unpaired) electrons. The molecule has 2 aromatic carbocycles. The molecule has 0 bridgehead atoms. The van der Waals surface area contributed by atoms with Gasteiger partial charge in [0.1, 0.15) is 0 Å². The van der Waals surface area contributed by atoms with E-state index in [0.717, 1.165) is 0 Å². The summed E-state index contributed by atoms with van der Waals surface area (Å²) >= 11 is 0. The van der Waals surface area contributed by atoms with E-state index in [1.807, 2.05) is 0 Å². The van der Waals surface area contributed by atoms with Gasteiger partial charge in [0, 0.05) is 12.5 Å². The number of benzene rings is 2. The van der Waals surface area contributed by atoms with E-state index >= 15 is 0 Å². The topological polar surface area (TPSA) is 118 Å². The normalized spacial score (nSPS) is 15.1. The maximum atomic E-state index is 13.0. The standard InChI is InChI=1S/C24H21N3O6/c1-15-13-21(28)25-18-9-4-5-10-19(18)27(15)22(29)14-33-24(31)16-7-2-3-8-17(16)26-23(30)20-11-6-12-32-20/h2-12,15H,13-14H2,1H3,(H,25,28)(H,26,30). The first-order valence-corrected chi connectivity index (χ1v) is 10.3. The number of rotatable bonds is 5. The molecule has 0 fully saturated rings. The highest BCUT2D eigenvalue weighted by atomic mass is 16.5. The van der Waals surface area contributed by atoms with Crippen LogP contribution in [0.15, 0.2) is 71.3 Å². The molecule has 4 rings (SSSR count). The van der Waals surface area contributed by atoms with Gasteiger partial charge < -0.3 is 24.7 Å². The highest BCUT2D eigenvalue weighted by Crippen LogP contribution is 2.31. The Morgan fingerprint density at radius 3 is 2.64 bits per heavy atom. The molecule has 1 aliphatic rings. The van der Waals surface area contributed by atoms with Crippen molar-refractivity contribution >= 4 is 40.8 Å². The number of para-hydroxylation sites is 3. The quantitative estimate of drug-likeness (QED) is 0.579. The zero-order valence-corrected chi connectivity index (χ0v) is 17.7. The number of hydrogen-bond acceptors (Lipinski definition) is 6. The van der Waals surface area contributed by atoms with Gasteiger partial charge in [-0.25, -0.2) is 4.79 Å². The summed E-state index contributed by atoms with van der Waals surface area (Å²) in [7, 11) is 0. The molecule has 1 aliphatic heterocycles. The maximum absolute atomic E-state index is 13.0. The number of carbonyl (C=O) groups excluding carboxylic acids is 4. The molecule has 3 aromatic rings. The van der Waals surface area contributed by atoms with Gasteiger partial charge in [-0.2, -0.15) is 0 Å². The molecule has 0 saturated carbocycles. The molecule has 33 heavy (non-hydrogen) atoms. The number of nitrogens with zero attached hydrogens (tertiary/aromatic N) is 1. The van der Waals surface area contributed by atoms with Crippen molar-refractivity contribution in [1.29, 1.82) is 0 Å². The first kappa shape index (κ1) is 21.8. The number of ether oxygens (including phenoxy) is 1. The van der Waals surface area contributed by atoms with Crippen molar-refractivity contribution in [2.75, 3.05) is 22.1 Å². The van der Waals surface area contributed by atoms with Crippen LogP contribution < -0.4 is 15.5 Å². The third-order valence-electron chi connectivity index (χ3n) is 5.09. The lowest BCUT2D eigenvalue weighted by molar-refractivity contribution is -0.122. The van der Waals surface area contributed by atoms with E-state index in [2.05, 4.69) is 10.6 Å². The SMILES string of the molecule is CC1CC(=O)Nc2ccccc2N1C(=O)COC(=O)c1ccccc1NC(=O)c1ccco1. The van der Waals surface area contributed by atoms with E-state index in [1.54, 1.807) is 55.5 Å². The summed E-state index contributed by atoms with van der Waals surface area (Å²) in [4.78, 5) is 51.6. The first-order chi connectivity index (χ1) is 15.9. The number of furan rings is 1. The number of esters is 1. The summed E-state index contributed by atoms with van der Waals surface area (Å²) in [6.07, 6.45) is 1.47. The lowest BCUT2D eigenvalue weighted by atomic mass is 10.1. The summed E-state index contributed by atoms with van der Waals surface area (Å²) in [6, 6.07) is 15.9. The molecule has 9 heteroatoms. The molecule has 1 aromatic heterocycles. The molecule has 1 atom stereocenters. The molecule has 0 aliphatic carbocycles. The summed E-state index contributed by atoms with van der Waals surface area (Å²) in [5.41, 5.74) is 1.35. The number of carbonyl (C=O) groups is 4. The molecular formula is C24H21N3O6. The van der Waals surface area contributed by atoms with Crippen molar-refractivity contribution in [3.8, 4) is 0 Å². The fourth-order valence-corrected chi connectivity index (χ4v) is 3.60. The van der Waals surface area contributed by atoms with E-state index in [0.29, 0.717) is 11.4 Å². The Morgan fingerprint density at radius 2 is 1.85 bits per heavy atom. The number of amides is 3. The van der Waals surface area contributed by atoms with Crippen molar-refractivity contribution in [2.24, 2.45) is 0 Å². The van der Waals surface area contributed by atoms with Gasteiger partial charge in [-0.1, -0.05) is 24.3 Å². The van der Waals surface area contributed by atoms with Crippen LogP contribution in [0.4, 0.5) is 17.1 Å². The van der Waals surface area contributed by atoms with Gasteiger partial charge in [0.2, 0.25) is 5.91 Å². The van der Waals surface area contributed by atoms with Crippen molar-refractivity contribution in [1.82, 2.24) is 0 Å². The number of nitrogens with one attached hydrogen (secondary N) is 2. The van der Waals surface area contributed by atoms with Gasteiger partial charge in [-0.15, -0.1) is 0 Å². The molecule has 168 valence electrons. The van der Waals surface area contributed by atoms with Gasteiger partial charge in [-0.05, 0) is 43.3 Å². The second kappa shape index (κ2) is 9.39. The Labute approximate surface area is 189 Å². The average Bonchev–Trinajstić information content (AvgIpc) is 3.30. The third kappa shape index (κ3) is 4.77. The van der Waals surface area contributed by atoms with Crippen molar-refractivity contribution in [3.63, 3.8) is 0 Å². The van der Waals surface area contributed by atoms with Crippen LogP contribution in [0.2, 0.25) is 0 Å². The van der Waals surface area contributed by atoms with Gasteiger partial charge >= 0.3 is 5.97 Å². The van der Waals surface area contributed by atoms with Crippen molar-refractivity contribution in [3.05, 3.63) is 78.3 Å². The predicted octanol–water partition coefficient (Wildman–Crippen LogP) is 3.45. The minimum absolute atomic E-state index is 0.0883. The Bertz CT molecular complexity index is 1200. The summed E-state index contributed by atoms with van der Waals surface area (Å²) < 4.78 is 10.3. The summed E-state index contributed by atoms with van der Waals surface area (Å²) in [5, 5.41) is 5.38. The van der Waals surface area contributed by atoms with Gasteiger partial charge in [0.05, 0.1) is 28.9 Å². The van der Waals surface area contributed by atoms with E-state index in [1.165, 1.54) is 23.3 Å². The molecule has 0 spiro atoms. The smallest absolute Gasteiger partial charge is 0.340 e. The number of anilines is 3. The zero-order valence-electron chi connectivity index (χ0n) is 17.7. The van der Waals surface area contributed by atoms with E-state index in [4.69, 9.17) is 9.15 Å². The maximum Gasteiger partial charge on any atom is 0.340 e. The van der Waals surface area contributed by atoms with E-state index in [9.17, 15) is 19.2 Å². The average molecular weight is 447 g/mol. The lowest BCUT2D eigenvalue weighted by Gasteiger charge is -2.27. The lowest BCUT2D eigenvalue weighted by Crippen LogP contribution is -2.41. The molecule has 1 unspecified atom stereocenters. The Balaban J connectivity index is 1.48. The minimum atomic E-state index is -0.774. The van der Waals surface area contributed by atoms with Crippen LogP contribution in [-0.2, 0) is 14.3 Å². The fourth-order valence-electron chi connectivity index (χ4n) is 3.60. The van der Waals surface area contributed by atoms with Crippen LogP contribution in [0.25, 0.3) is 0 Å². The number of hydrogen-bond donors (Lipinski definition) is 2. The van der Waals surface area contributed by atoms with Gasteiger partial charge in [0.25, 0.3) is 11.8 Å². The first-order valence-electron chi connectivity index (χ1n) is 10.3. The molecule has 2 heterocycles. The molecule has 2 N–H and O–H groups in total. The minimum Gasteiger partial charge on any atom is -0.459 e. The Kier molecular flexibility index (Phi) is 6.21. The largest absolute Gasteiger partial charge is 0.459 e. The summed E-state index contributed by atoms with van der Waals surface area (Å²) in [5.74, 6) is -1.89. The Hall–Kier alpha value is -4.40. The van der Waals surface area contributed by atoms with Crippen LogP contribution in [0.3, 0.4) is 0 Å². The second-order valence-electron chi connectivity index (χ2n) is 7.44. The molecule has 3 amide bonds. The van der Waals surface area contributed by atoms with Crippen LogP contribution in [-0.4, -0.2) is 36.3 Å². The highest BCUT2D eigenvalue weighted by Gasteiger charge is 2.30. The van der Waals surface area contributed by atoms with Crippen molar-refractivity contribution in [2.45, 2.75) is 19.4 Å². The molecule has 9 nitrogen and oxygen atoms in total. The van der Waals surface area contributed by atoms with Crippen LogP contribution >= 0.6 is 0 Å². The monoisotopic (exact) mass is 447 g/mol. The second-order valence-corrected chi connectivity index (χ2v) is 7.44. The highest BCUT2D eigenvalue weighted by molar-refractivity contribution is 6.08. The van der Waals surface area contributed by atoms with Crippen LogP contribution in [0, 0.1) is 0 Å². The van der Waals surface area contributed by atoms with E-state index in [-0.39, 0.29) is 29.3 Å². The number of fused-ring (bicyclic) bond motifs is 1. The zero-order chi connectivity index (χ0) is 23.4.